The molecule has 0 aliphatic carbocycles. The zero-order valence-corrected chi connectivity index (χ0v) is 10.8. The van der Waals surface area contributed by atoms with Crippen LogP contribution in [0.5, 0.6) is 0 Å². The van der Waals surface area contributed by atoms with E-state index in [1.807, 2.05) is 0 Å². The standard InChI is InChI=1S/C4H11O8PS2/c1-10-13(5)4(12-14(3,6)7)15(8,9)11-2/h4,13H,1-3H3. The van der Waals surface area contributed by atoms with Crippen molar-refractivity contribution in [1.29, 1.82) is 0 Å². The summed E-state index contributed by atoms with van der Waals surface area (Å²) < 4.78 is 67.1. The van der Waals surface area contributed by atoms with Gasteiger partial charge in [0, 0.05) is 7.11 Å². The lowest BCUT2D eigenvalue weighted by Gasteiger charge is -2.13. The van der Waals surface area contributed by atoms with Gasteiger partial charge in [-0.2, -0.15) is 16.8 Å². The molecule has 0 saturated heterocycles. The van der Waals surface area contributed by atoms with E-state index in [4.69, 9.17) is 0 Å². The fourth-order valence-corrected chi connectivity index (χ4v) is 4.40. The van der Waals surface area contributed by atoms with Crippen molar-refractivity contribution < 1.29 is 34.3 Å². The normalized spacial score (nSPS) is 17.3. The van der Waals surface area contributed by atoms with Crippen LogP contribution >= 0.6 is 8.03 Å². The number of hydrogen-bond acceptors (Lipinski definition) is 8. The van der Waals surface area contributed by atoms with Crippen LogP contribution in [0.1, 0.15) is 0 Å². The van der Waals surface area contributed by atoms with Crippen molar-refractivity contribution in [3.63, 3.8) is 0 Å². The minimum absolute atomic E-state index is 0.621. The maximum Gasteiger partial charge on any atom is 0.305 e. The van der Waals surface area contributed by atoms with Crippen molar-refractivity contribution in [1.82, 2.24) is 0 Å². The molecular formula is C4H11O8PS2. The summed E-state index contributed by atoms with van der Waals surface area (Å²) in [5, 5.41) is -2.16. The average Bonchev–Trinajstić information content (AvgIpc) is 2.11. The van der Waals surface area contributed by atoms with Gasteiger partial charge in [0.1, 0.15) is 0 Å². The molecule has 0 aromatic heterocycles. The highest BCUT2D eigenvalue weighted by Crippen LogP contribution is 2.34. The summed E-state index contributed by atoms with van der Waals surface area (Å²) >= 11 is 0. The molecule has 0 spiro atoms. The minimum atomic E-state index is -4.40. The van der Waals surface area contributed by atoms with Crippen LogP contribution in [0.15, 0.2) is 0 Å². The van der Waals surface area contributed by atoms with Gasteiger partial charge in [-0.3, -0.25) is 8.75 Å². The van der Waals surface area contributed by atoms with Crippen molar-refractivity contribution in [2.75, 3.05) is 20.5 Å². The topological polar surface area (TPSA) is 113 Å². The second-order valence-electron chi connectivity index (χ2n) is 2.31. The lowest BCUT2D eigenvalue weighted by atomic mass is 11.7. The van der Waals surface area contributed by atoms with Crippen LogP contribution in [0.2, 0.25) is 0 Å². The van der Waals surface area contributed by atoms with E-state index >= 15 is 0 Å². The van der Waals surface area contributed by atoms with Crippen molar-refractivity contribution >= 4 is 28.3 Å². The maximum atomic E-state index is 11.1. The Morgan fingerprint density at radius 1 is 1.13 bits per heavy atom. The summed E-state index contributed by atoms with van der Waals surface area (Å²) in [6.45, 7) is 0. The monoisotopic (exact) mass is 282 g/mol. The fraction of sp³-hybridized carbons (Fsp3) is 1.00. The summed E-state index contributed by atoms with van der Waals surface area (Å²) in [6.07, 6.45) is 0.621. The summed E-state index contributed by atoms with van der Waals surface area (Å²) in [6, 6.07) is 0. The Balaban J connectivity index is 5.18. The number of rotatable bonds is 6. The Bertz CT molecular complexity index is 422. The summed E-state index contributed by atoms with van der Waals surface area (Å²) in [5.74, 6) is 0. The molecule has 0 aliphatic rings. The van der Waals surface area contributed by atoms with E-state index in [9.17, 15) is 21.4 Å². The minimum Gasteiger partial charge on any atom is -0.331 e. The first-order chi connectivity index (χ1) is 6.64. The highest BCUT2D eigenvalue weighted by atomic mass is 32.2. The lowest BCUT2D eigenvalue weighted by Crippen LogP contribution is -2.25. The quantitative estimate of drug-likeness (QED) is 0.466. The van der Waals surface area contributed by atoms with Crippen LogP contribution < -0.4 is 0 Å². The van der Waals surface area contributed by atoms with Crippen molar-refractivity contribution in [2.45, 2.75) is 5.18 Å². The van der Waals surface area contributed by atoms with E-state index in [2.05, 4.69) is 12.9 Å². The van der Waals surface area contributed by atoms with E-state index in [0.29, 0.717) is 6.26 Å². The molecule has 0 amide bonds. The van der Waals surface area contributed by atoms with Crippen molar-refractivity contribution in [3.8, 4) is 0 Å². The Hall–Kier alpha value is 0.01000. The average molecular weight is 282 g/mol. The first kappa shape index (κ1) is 15.0. The molecule has 0 aromatic carbocycles. The first-order valence-electron chi connectivity index (χ1n) is 3.39. The Labute approximate surface area is 88.6 Å². The summed E-state index contributed by atoms with van der Waals surface area (Å²) in [4.78, 5) is 0. The molecule has 0 aliphatic heterocycles. The van der Waals surface area contributed by atoms with Gasteiger partial charge >= 0.3 is 10.1 Å². The molecular weight excluding hydrogens is 271 g/mol. The van der Waals surface area contributed by atoms with Crippen LogP contribution in [0, 0.1) is 0 Å². The molecule has 2 unspecified atom stereocenters. The van der Waals surface area contributed by atoms with E-state index < -0.39 is 33.4 Å². The molecule has 92 valence electrons. The van der Waals surface area contributed by atoms with Crippen LogP contribution in [-0.4, -0.2) is 42.5 Å². The second-order valence-corrected chi connectivity index (χ2v) is 7.65. The molecule has 0 aromatic rings. The van der Waals surface area contributed by atoms with Gasteiger partial charge in [-0.05, 0) is 0 Å². The zero-order valence-electron chi connectivity index (χ0n) is 8.16. The van der Waals surface area contributed by atoms with Crippen LogP contribution in [0.4, 0.5) is 0 Å². The second kappa shape index (κ2) is 5.37. The molecule has 11 heteroatoms. The molecule has 0 rings (SSSR count). The van der Waals surface area contributed by atoms with Crippen LogP contribution in [-0.2, 0) is 37.7 Å². The first-order valence-corrected chi connectivity index (χ1v) is 8.07. The van der Waals surface area contributed by atoms with Gasteiger partial charge in [0.2, 0.25) is 8.03 Å². The van der Waals surface area contributed by atoms with Gasteiger partial charge in [0.05, 0.1) is 13.4 Å². The predicted octanol–water partition coefficient (Wildman–Crippen LogP) is -0.656. The molecule has 8 nitrogen and oxygen atoms in total. The summed E-state index contributed by atoms with van der Waals surface area (Å²) in [7, 11) is -9.96. The molecule has 0 N–H and O–H groups in total. The molecule has 0 heterocycles. The molecule has 0 saturated carbocycles. The Kier molecular flexibility index (Phi) is 5.38. The lowest BCUT2D eigenvalue weighted by molar-refractivity contribution is 0.284. The summed E-state index contributed by atoms with van der Waals surface area (Å²) in [5.41, 5.74) is 0. The number of hydrogen-bond donors (Lipinski definition) is 0. The third-order valence-corrected chi connectivity index (χ3v) is 5.42. The third-order valence-electron chi connectivity index (χ3n) is 1.15. The van der Waals surface area contributed by atoms with Gasteiger partial charge in [0.25, 0.3) is 15.3 Å². The van der Waals surface area contributed by atoms with Gasteiger partial charge < -0.3 is 4.52 Å². The smallest absolute Gasteiger partial charge is 0.305 e. The van der Waals surface area contributed by atoms with Crippen LogP contribution in [0.3, 0.4) is 0 Å². The van der Waals surface area contributed by atoms with Gasteiger partial charge in [-0.25, -0.2) is 4.18 Å². The fourth-order valence-electron chi connectivity index (χ4n) is 0.548. The highest BCUT2D eigenvalue weighted by molar-refractivity contribution is 7.94. The molecule has 2 atom stereocenters. The van der Waals surface area contributed by atoms with E-state index in [-0.39, 0.29) is 0 Å². The highest BCUT2D eigenvalue weighted by Gasteiger charge is 2.36. The van der Waals surface area contributed by atoms with E-state index in [1.165, 1.54) is 0 Å². The molecule has 0 fully saturated rings. The van der Waals surface area contributed by atoms with Gasteiger partial charge in [0.15, 0.2) is 0 Å². The van der Waals surface area contributed by atoms with E-state index in [1.54, 1.807) is 0 Å². The maximum absolute atomic E-state index is 11.1. The van der Waals surface area contributed by atoms with Crippen LogP contribution in [0.25, 0.3) is 0 Å². The molecule has 15 heavy (non-hydrogen) atoms. The Morgan fingerprint density at radius 2 is 1.60 bits per heavy atom. The van der Waals surface area contributed by atoms with Crippen molar-refractivity contribution in [2.24, 2.45) is 0 Å². The van der Waals surface area contributed by atoms with Gasteiger partial charge in [-0.1, -0.05) is 0 Å². The van der Waals surface area contributed by atoms with E-state index in [0.717, 1.165) is 14.2 Å². The predicted molar refractivity (Wildman–Crippen MR) is 51.7 cm³/mol. The zero-order chi connectivity index (χ0) is 12.3. The molecule has 0 bridgehead atoms. The SMILES string of the molecule is CO[PH](=O)C(OS(C)(=O)=O)S(=O)(=O)OC. The molecule has 0 radical (unpaired) electrons. The third kappa shape index (κ3) is 5.05. The van der Waals surface area contributed by atoms with Crippen molar-refractivity contribution in [3.05, 3.63) is 0 Å². The van der Waals surface area contributed by atoms with Gasteiger partial charge in [-0.15, -0.1) is 0 Å². The Morgan fingerprint density at radius 3 is 1.87 bits per heavy atom. The largest absolute Gasteiger partial charge is 0.331 e.